The van der Waals surface area contributed by atoms with E-state index < -0.39 is 0 Å². The maximum atomic E-state index is 12.2. The zero-order valence-electron chi connectivity index (χ0n) is 14.3. The third-order valence-corrected chi connectivity index (χ3v) is 3.95. The van der Waals surface area contributed by atoms with Gasteiger partial charge in [0, 0.05) is 23.7 Å². The van der Waals surface area contributed by atoms with E-state index in [9.17, 15) is 4.79 Å². The van der Waals surface area contributed by atoms with Crippen LogP contribution in [0, 0.1) is 6.92 Å². The predicted molar refractivity (Wildman–Crippen MR) is 97.6 cm³/mol. The molecular weight excluding hydrogens is 324 g/mol. The summed E-state index contributed by atoms with van der Waals surface area (Å²) in [5, 5.41) is 6.90. The van der Waals surface area contributed by atoms with Crippen molar-refractivity contribution < 1.29 is 4.79 Å². The van der Waals surface area contributed by atoms with E-state index in [1.165, 1.54) is 5.56 Å². The number of amides is 1. The van der Waals surface area contributed by atoms with Gasteiger partial charge in [-0.3, -0.25) is 4.79 Å². The van der Waals surface area contributed by atoms with E-state index in [2.05, 4.69) is 20.6 Å². The van der Waals surface area contributed by atoms with Crippen molar-refractivity contribution in [3.8, 4) is 0 Å². The van der Waals surface area contributed by atoms with Crippen LogP contribution in [-0.2, 0) is 6.42 Å². The molecule has 1 atom stereocenters. The third-order valence-electron chi connectivity index (χ3n) is 3.69. The van der Waals surface area contributed by atoms with E-state index in [1.54, 1.807) is 13.0 Å². The van der Waals surface area contributed by atoms with Crippen LogP contribution in [0.5, 0.6) is 0 Å². The standard InChI is InChI=1S/C18H23ClN4O/c1-4-12(2)21-18(24)16-11-17(23-13(3)22-16)20-10-9-14-5-7-15(19)8-6-14/h5-8,11-12H,4,9-10H2,1-3H3,(H,21,24)(H,20,22,23). The second-order valence-electron chi connectivity index (χ2n) is 5.77. The number of carbonyl (C=O) groups is 1. The smallest absolute Gasteiger partial charge is 0.270 e. The number of aryl methyl sites for hydroxylation is 1. The normalized spacial score (nSPS) is 11.8. The van der Waals surface area contributed by atoms with E-state index in [-0.39, 0.29) is 11.9 Å². The fourth-order valence-corrected chi connectivity index (χ4v) is 2.29. The summed E-state index contributed by atoms with van der Waals surface area (Å²) in [4.78, 5) is 20.8. The Morgan fingerprint density at radius 1 is 1.25 bits per heavy atom. The van der Waals surface area contributed by atoms with Crippen molar-refractivity contribution in [2.45, 2.75) is 39.7 Å². The van der Waals surface area contributed by atoms with Crippen LogP contribution in [0.1, 0.15) is 42.1 Å². The molecule has 0 spiro atoms. The summed E-state index contributed by atoms with van der Waals surface area (Å²) < 4.78 is 0. The van der Waals surface area contributed by atoms with Gasteiger partial charge in [0.25, 0.3) is 5.91 Å². The SMILES string of the molecule is CCC(C)NC(=O)c1cc(NCCc2ccc(Cl)cc2)nc(C)n1. The van der Waals surface area contributed by atoms with Gasteiger partial charge in [0.05, 0.1) is 0 Å². The second kappa shape index (κ2) is 8.64. The van der Waals surface area contributed by atoms with Crippen LogP contribution in [-0.4, -0.2) is 28.5 Å². The van der Waals surface area contributed by atoms with Gasteiger partial charge in [0.15, 0.2) is 0 Å². The molecule has 1 unspecified atom stereocenters. The molecule has 0 fully saturated rings. The monoisotopic (exact) mass is 346 g/mol. The molecule has 6 heteroatoms. The Hall–Kier alpha value is -2.14. The lowest BCUT2D eigenvalue weighted by molar-refractivity contribution is 0.0934. The van der Waals surface area contributed by atoms with E-state index in [1.807, 2.05) is 38.1 Å². The summed E-state index contributed by atoms with van der Waals surface area (Å²) in [6.45, 7) is 6.49. The molecule has 2 N–H and O–H groups in total. The van der Waals surface area contributed by atoms with Gasteiger partial charge in [0.2, 0.25) is 0 Å². The average molecular weight is 347 g/mol. The van der Waals surface area contributed by atoms with Crippen LogP contribution in [0.2, 0.25) is 5.02 Å². The summed E-state index contributed by atoms with van der Waals surface area (Å²) in [7, 11) is 0. The first-order valence-corrected chi connectivity index (χ1v) is 8.50. The first-order valence-electron chi connectivity index (χ1n) is 8.12. The van der Waals surface area contributed by atoms with Crippen molar-refractivity contribution in [3.63, 3.8) is 0 Å². The van der Waals surface area contributed by atoms with Gasteiger partial charge in [-0.05, 0) is 44.4 Å². The van der Waals surface area contributed by atoms with Gasteiger partial charge in [0.1, 0.15) is 17.3 Å². The van der Waals surface area contributed by atoms with Crippen LogP contribution < -0.4 is 10.6 Å². The Morgan fingerprint density at radius 3 is 2.62 bits per heavy atom. The minimum atomic E-state index is -0.171. The van der Waals surface area contributed by atoms with Crippen molar-refractivity contribution >= 4 is 23.3 Å². The molecule has 0 aliphatic rings. The van der Waals surface area contributed by atoms with Crippen molar-refractivity contribution in [2.24, 2.45) is 0 Å². The second-order valence-corrected chi connectivity index (χ2v) is 6.21. The summed E-state index contributed by atoms with van der Waals surface area (Å²) in [5.74, 6) is 1.06. The molecule has 2 aromatic rings. The lowest BCUT2D eigenvalue weighted by atomic mass is 10.1. The molecule has 0 radical (unpaired) electrons. The first kappa shape index (κ1) is 18.2. The lowest BCUT2D eigenvalue weighted by Crippen LogP contribution is -2.32. The number of hydrogen-bond acceptors (Lipinski definition) is 4. The Kier molecular flexibility index (Phi) is 6.55. The highest BCUT2D eigenvalue weighted by Crippen LogP contribution is 2.11. The molecule has 128 valence electrons. The maximum absolute atomic E-state index is 12.2. The third kappa shape index (κ3) is 5.49. The summed E-state index contributed by atoms with van der Waals surface area (Å²) >= 11 is 5.88. The predicted octanol–water partition coefficient (Wildman–Crippen LogP) is 3.62. The van der Waals surface area contributed by atoms with Crippen molar-refractivity contribution in [3.05, 3.63) is 52.4 Å². The number of anilines is 1. The number of aromatic nitrogens is 2. The van der Waals surface area contributed by atoms with Gasteiger partial charge in [-0.2, -0.15) is 0 Å². The van der Waals surface area contributed by atoms with Gasteiger partial charge >= 0.3 is 0 Å². The van der Waals surface area contributed by atoms with Crippen molar-refractivity contribution in [2.75, 3.05) is 11.9 Å². The van der Waals surface area contributed by atoms with E-state index in [4.69, 9.17) is 11.6 Å². The lowest BCUT2D eigenvalue weighted by Gasteiger charge is -2.12. The van der Waals surface area contributed by atoms with Crippen LogP contribution in [0.4, 0.5) is 5.82 Å². The molecule has 24 heavy (non-hydrogen) atoms. The molecule has 1 heterocycles. The zero-order valence-corrected chi connectivity index (χ0v) is 15.0. The molecule has 5 nitrogen and oxygen atoms in total. The van der Waals surface area contributed by atoms with Crippen LogP contribution in [0.3, 0.4) is 0 Å². The van der Waals surface area contributed by atoms with Crippen LogP contribution in [0.15, 0.2) is 30.3 Å². The maximum Gasteiger partial charge on any atom is 0.270 e. The van der Waals surface area contributed by atoms with E-state index in [0.717, 1.165) is 17.9 Å². The van der Waals surface area contributed by atoms with Crippen LogP contribution >= 0.6 is 11.6 Å². The Bertz CT molecular complexity index is 688. The fraction of sp³-hybridized carbons (Fsp3) is 0.389. The topological polar surface area (TPSA) is 66.9 Å². The number of rotatable bonds is 7. The molecule has 0 saturated carbocycles. The Balaban J connectivity index is 1.97. The summed E-state index contributed by atoms with van der Waals surface area (Å²) in [5.41, 5.74) is 1.57. The van der Waals surface area contributed by atoms with Crippen molar-refractivity contribution in [1.82, 2.24) is 15.3 Å². The summed E-state index contributed by atoms with van der Waals surface area (Å²) in [6.07, 6.45) is 1.72. The quantitative estimate of drug-likeness (QED) is 0.803. The minimum absolute atomic E-state index is 0.120. The number of halogens is 1. The number of nitrogens with one attached hydrogen (secondary N) is 2. The number of hydrogen-bond donors (Lipinski definition) is 2. The largest absolute Gasteiger partial charge is 0.370 e. The minimum Gasteiger partial charge on any atom is -0.370 e. The highest BCUT2D eigenvalue weighted by Gasteiger charge is 2.12. The molecule has 1 aromatic heterocycles. The number of carbonyl (C=O) groups excluding carboxylic acids is 1. The first-order chi connectivity index (χ1) is 11.5. The molecule has 0 aliphatic heterocycles. The summed E-state index contributed by atoms with van der Waals surface area (Å²) in [6, 6.07) is 9.56. The molecule has 0 bridgehead atoms. The van der Waals surface area contributed by atoms with Gasteiger partial charge in [-0.1, -0.05) is 30.7 Å². The van der Waals surface area contributed by atoms with E-state index >= 15 is 0 Å². The highest BCUT2D eigenvalue weighted by molar-refractivity contribution is 6.30. The molecule has 0 saturated heterocycles. The molecule has 2 rings (SSSR count). The Labute approximate surface area is 147 Å². The number of benzene rings is 1. The van der Waals surface area contributed by atoms with Gasteiger partial charge in [-0.25, -0.2) is 9.97 Å². The highest BCUT2D eigenvalue weighted by atomic mass is 35.5. The van der Waals surface area contributed by atoms with Gasteiger partial charge < -0.3 is 10.6 Å². The average Bonchev–Trinajstić information content (AvgIpc) is 2.56. The van der Waals surface area contributed by atoms with Crippen molar-refractivity contribution in [1.29, 1.82) is 0 Å². The molecule has 0 aliphatic carbocycles. The van der Waals surface area contributed by atoms with E-state index in [0.29, 0.717) is 23.9 Å². The molecule has 1 amide bonds. The zero-order chi connectivity index (χ0) is 17.5. The molecular formula is C18H23ClN4O. The van der Waals surface area contributed by atoms with Crippen LogP contribution in [0.25, 0.3) is 0 Å². The van der Waals surface area contributed by atoms with Gasteiger partial charge in [-0.15, -0.1) is 0 Å². The fourth-order valence-electron chi connectivity index (χ4n) is 2.16. The Morgan fingerprint density at radius 2 is 1.96 bits per heavy atom. The number of nitrogens with zero attached hydrogens (tertiary/aromatic N) is 2. The molecule has 1 aromatic carbocycles.